The molecule has 13 amide bonds. The molecular formula is C68H99N17O17. The summed E-state index contributed by atoms with van der Waals surface area (Å²) in [7, 11) is 0. The molecule has 0 spiro atoms. The number of amides is 13. The van der Waals surface area contributed by atoms with Crippen molar-refractivity contribution in [2.24, 2.45) is 45.5 Å². The van der Waals surface area contributed by atoms with Crippen molar-refractivity contribution in [2.75, 3.05) is 19.6 Å². The minimum atomic E-state index is -1.85. The first-order valence-electron chi connectivity index (χ1n) is 33.6. The van der Waals surface area contributed by atoms with Gasteiger partial charge < -0.3 is 102 Å². The number of aliphatic carboxylic acids is 1. The van der Waals surface area contributed by atoms with Crippen LogP contribution in [0.5, 0.6) is 5.75 Å². The molecule has 1 fully saturated rings. The lowest BCUT2D eigenvalue weighted by atomic mass is 10.0. The summed E-state index contributed by atoms with van der Waals surface area (Å²) in [4.78, 5) is 195. The lowest BCUT2D eigenvalue weighted by Gasteiger charge is -2.31. The maximum absolute atomic E-state index is 14.4. The molecule has 0 aromatic heterocycles. The van der Waals surface area contributed by atoms with Crippen LogP contribution in [0.2, 0.25) is 0 Å². The molecule has 0 saturated carbocycles. The molecule has 34 heteroatoms. The average Bonchev–Trinajstić information content (AvgIpc) is 1.61. The van der Waals surface area contributed by atoms with E-state index in [1.165, 1.54) is 36.1 Å². The van der Waals surface area contributed by atoms with E-state index in [-0.39, 0.29) is 82.1 Å². The molecule has 3 aromatic carbocycles. The van der Waals surface area contributed by atoms with Crippen molar-refractivity contribution in [3.63, 3.8) is 0 Å². The molecule has 0 radical (unpaired) electrons. The van der Waals surface area contributed by atoms with E-state index in [9.17, 15) is 82.4 Å². The first kappa shape index (κ1) is 83.6. The molecule has 1 saturated heterocycles. The van der Waals surface area contributed by atoms with Gasteiger partial charge in [0.1, 0.15) is 66.2 Å². The summed E-state index contributed by atoms with van der Waals surface area (Å²) in [6.45, 7) is 8.67. The number of nitrogens with zero attached hydrogens (tertiary/aromatic N) is 2. The Bertz CT molecular complexity index is 3410. The van der Waals surface area contributed by atoms with Crippen LogP contribution in [0.4, 0.5) is 0 Å². The molecule has 34 nitrogen and oxygen atoms in total. The number of aliphatic hydroxyl groups is 1. The Morgan fingerprint density at radius 2 is 1.04 bits per heavy atom. The van der Waals surface area contributed by atoms with E-state index in [0.29, 0.717) is 17.5 Å². The number of likely N-dealkylation sites (tertiary alicyclic amines) is 1. The molecule has 12 atom stereocenters. The predicted molar refractivity (Wildman–Crippen MR) is 371 cm³/mol. The number of phenolic OH excluding ortho intramolecular Hbond substituents is 1. The highest BCUT2D eigenvalue weighted by molar-refractivity contribution is 5.99. The van der Waals surface area contributed by atoms with Crippen molar-refractivity contribution < 1.29 is 82.4 Å². The van der Waals surface area contributed by atoms with Crippen molar-refractivity contribution in [3.05, 3.63) is 102 Å². The lowest BCUT2D eigenvalue weighted by molar-refractivity contribution is -0.143. The summed E-state index contributed by atoms with van der Waals surface area (Å²) in [5.74, 6) is -14.2. The Morgan fingerprint density at radius 1 is 0.539 bits per heavy atom. The Morgan fingerprint density at radius 3 is 1.59 bits per heavy atom. The van der Waals surface area contributed by atoms with Crippen LogP contribution in [0.3, 0.4) is 0 Å². The molecule has 1 heterocycles. The van der Waals surface area contributed by atoms with E-state index in [0.717, 1.165) is 12.5 Å². The van der Waals surface area contributed by atoms with Gasteiger partial charge in [-0.25, -0.2) is 0 Å². The van der Waals surface area contributed by atoms with E-state index in [4.69, 9.17) is 28.7 Å². The number of carboxylic acid groups (broad SMARTS) is 1. The molecule has 3 aromatic rings. The monoisotopic (exact) mass is 1430 g/mol. The normalized spacial score (nSPS) is 15.8. The molecule has 1 aliphatic rings. The minimum Gasteiger partial charge on any atom is -0.508 e. The van der Waals surface area contributed by atoms with Gasteiger partial charge in [-0.05, 0) is 106 Å². The topological polar surface area (TPSA) is 566 Å². The van der Waals surface area contributed by atoms with Crippen LogP contribution in [0, 0.1) is 11.8 Å². The number of guanidine groups is 1. The Kier molecular flexibility index (Phi) is 34.2. The van der Waals surface area contributed by atoms with Crippen LogP contribution in [0.1, 0.15) is 116 Å². The minimum absolute atomic E-state index is 0.0281. The van der Waals surface area contributed by atoms with Gasteiger partial charge in [-0.15, -0.1) is 0 Å². The number of carboxylic acids is 1. The van der Waals surface area contributed by atoms with Gasteiger partial charge in [0, 0.05) is 38.8 Å². The van der Waals surface area contributed by atoms with Gasteiger partial charge in [-0.2, -0.15) is 0 Å². The van der Waals surface area contributed by atoms with Gasteiger partial charge in [0.05, 0.1) is 18.7 Å². The number of aliphatic hydroxyl groups excluding tert-OH is 1. The third-order valence-corrected chi connectivity index (χ3v) is 16.4. The number of phenols is 1. The summed E-state index contributed by atoms with van der Waals surface area (Å²) in [5.41, 5.74) is 29.5. The van der Waals surface area contributed by atoms with Gasteiger partial charge in [0.25, 0.3) is 0 Å². The molecule has 23 N–H and O–H groups in total. The van der Waals surface area contributed by atoms with Crippen LogP contribution in [0.15, 0.2) is 89.9 Å². The second-order valence-corrected chi connectivity index (χ2v) is 25.8. The van der Waals surface area contributed by atoms with Crippen LogP contribution in [-0.2, 0) is 86.4 Å². The highest BCUT2D eigenvalue weighted by Gasteiger charge is 2.41. The summed E-state index contributed by atoms with van der Waals surface area (Å²) in [6.07, 6.45) is -3.36. The smallest absolute Gasteiger partial charge is 0.303 e. The van der Waals surface area contributed by atoms with Gasteiger partial charge >= 0.3 is 5.97 Å². The lowest BCUT2D eigenvalue weighted by Crippen LogP contribution is -2.61. The fraction of sp³-hybridized carbons (Fsp3) is 0.515. The third-order valence-electron chi connectivity index (χ3n) is 16.4. The summed E-state index contributed by atoms with van der Waals surface area (Å²) in [5, 5.41) is 55.8. The number of nitrogens with one attached hydrogen (secondary N) is 10. The highest BCUT2D eigenvalue weighted by Crippen LogP contribution is 2.22. The maximum atomic E-state index is 14.4. The number of primary amides is 2. The standard InChI is InChI=1S/C68H99N17O17/c1-36(2)31-48(63(98)79-47(25-27-52(70)88)62(97)78-45(57(71)92)19-13-29-74-68(72)73)81-61(96)46(26-28-54(90)91)77-53(89)35-75-60(95)49(34-42-21-23-43(87)24-22-42)82-66(101)56(39(6)86)84-64(99)50(33-41-17-11-8-12-18-41)80-58(93)38(5)76-65(100)51-20-14-30-85(51)67(102)55(37(3)4)83-59(94)44(69)32-40-15-9-7-10-16-40/h7-12,15-18,21-24,36-39,44-51,55-56,86-87H,13-14,19-20,25-35,69H2,1-6H3,(H2,70,88)(H2,71,92)(H,75,95)(H,76,100)(H,77,89)(H,78,97)(H,79,98)(H,80,93)(H,81,96)(H,82,101)(H,83,94)(H,84,99)(H,90,91)(H4,72,73,74)/t38-,39+,44-,45-,46-,47-,48-,49-,50-,51-,55-,56-/m0/s1. The van der Waals surface area contributed by atoms with E-state index >= 15 is 0 Å². The highest BCUT2D eigenvalue weighted by atomic mass is 16.4. The van der Waals surface area contributed by atoms with Crippen LogP contribution in [0.25, 0.3) is 0 Å². The van der Waals surface area contributed by atoms with Gasteiger partial charge in [-0.1, -0.05) is 100 Å². The fourth-order valence-electron chi connectivity index (χ4n) is 10.9. The molecule has 0 bridgehead atoms. The van der Waals surface area contributed by atoms with Crippen molar-refractivity contribution in [3.8, 4) is 5.75 Å². The Hall–Kier alpha value is -10.8. The SMILES string of the molecule is CC(C)C[C@H](NC(=O)[C@H](CCC(=O)O)NC(=O)CNC(=O)[C@H](Cc1ccc(O)cc1)NC(=O)[C@@H](NC(=O)[C@H](Cc1ccccc1)NC(=O)[C@H](C)NC(=O)[C@@H]1CCCN1C(=O)[C@@H](NC(=O)[C@@H](N)Cc1ccccc1)C(C)C)[C@@H](C)O)C(=O)N[C@@H](CCC(N)=O)C(=O)N[C@@H](CCCN=C(N)N)C(N)=O. The van der Waals surface area contributed by atoms with Crippen molar-refractivity contribution in [1.82, 2.24) is 58.1 Å². The Balaban J connectivity index is 1.50. The predicted octanol–water partition coefficient (Wildman–Crippen LogP) is -4.01. The first-order chi connectivity index (χ1) is 48.1. The number of aromatic hydroxyl groups is 1. The van der Waals surface area contributed by atoms with E-state index < -0.39 is 187 Å². The maximum Gasteiger partial charge on any atom is 0.303 e. The number of carbonyl (C=O) groups is 14. The number of aliphatic imine (C=N–C) groups is 1. The summed E-state index contributed by atoms with van der Waals surface area (Å²) < 4.78 is 0. The molecule has 558 valence electrons. The number of hydrogen-bond donors (Lipinski definition) is 18. The number of benzene rings is 3. The largest absolute Gasteiger partial charge is 0.508 e. The molecular weight excluding hydrogens is 1330 g/mol. The van der Waals surface area contributed by atoms with Crippen LogP contribution in [-0.4, -0.2) is 201 Å². The second kappa shape index (κ2) is 41.7. The zero-order chi connectivity index (χ0) is 75.9. The van der Waals surface area contributed by atoms with Crippen molar-refractivity contribution in [2.45, 2.75) is 191 Å². The van der Waals surface area contributed by atoms with Crippen molar-refractivity contribution in [1.29, 1.82) is 0 Å². The van der Waals surface area contributed by atoms with E-state index in [1.807, 2.05) is 30.3 Å². The van der Waals surface area contributed by atoms with Crippen LogP contribution < -0.4 is 81.8 Å². The second-order valence-electron chi connectivity index (χ2n) is 25.8. The molecule has 4 rings (SSSR count). The quantitative estimate of drug-likeness (QED) is 0.0146. The Labute approximate surface area is 590 Å². The molecule has 0 aliphatic carbocycles. The number of hydrogen-bond acceptors (Lipinski definition) is 18. The summed E-state index contributed by atoms with van der Waals surface area (Å²) in [6, 6.07) is 7.49. The summed E-state index contributed by atoms with van der Waals surface area (Å²) >= 11 is 0. The molecule has 0 unspecified atom stereocenters. The van der Waals surface area contributed by atoms with Crippen molar-refractivity contribution >= 4 is 88.7 Å². The van der Waals surface area contributed by atoms with Crippen LogP contribution >= 0.6 is 0 Å². The molecule has 1 aliphatic heterocycles. The van der Waals surface area contributed by atoms with Gasteiger partial charge in [0.15, 0.2) is 5.96 Å². The number of nitrogens with two attached hydrogens (primary N) is 5. The third kappa shape index (κ3) is 28.8. The average molecular weight is 1430 g/mol. The molecule has 102 heavy (non-hydrogen) atoms. The van der Waals surface area contributed by atoms with Gasteiger partial charge in [-0.3, -0.25) is 72.1 Å². The zero-order valence-electron chi connectivity index (χ0n) is 58.1. The van der Waals surface area contributed by atoms with Gasteiger partial charge in [0.2, 0.25) is 76.8 Å². The number of rotatable bonds is 42. The number of carbonyl (C=O) groups excluding carboxylic acids is 13. The zero-order valence-corrected chi connectivity index (χ0v) is 58.1. The van der Waals surface area contributed by atoms with E-state index in [2.05, 4.69) is 58.2 Å². The van der Waals surface area contributed by atoms with E-state index in [1.54, 1.807) is 58.0 Å². The first-order valence-corrected chi connectivity index (χ1v) is 33.6. The fourth-order valence-corrected chi connectivity index (χ4v) is 10.9.